The predicted octanol–water partition coefficient (Wildman–Crippen LogP) is 4.22. The van der Waals surface area contributed by atoms with E-state index >= 15 is 0 Å². The van der Waals surface area contributed by atoms with Crippen LogP contribution < -0.4 is 10.2 Å². The fourth-order valence-corrected chi connectivity index (χ4v) is 3.24. The molecule has 124 valence electrons. The number of rotatable bonds is 4. The Balaban J connectivity index is 1.67. The molecule has 3 aromatic rings. The minimum absolute atomic E-state index is 0.588. The van der Waals surface area contributed by atoms with E-state index in [4.69, 9.17) is 9.40 Å². The molecule has 0 atom stereocenters. The largest absolute Gasteiger partial charge is 0.467 e. The molecule has 0 bridgehead atoms. The number of aromatic nitrogens is 2. The molecule has 0 aliphatic carbocycles. The SMILES string of the molecule is c1coc(CNc2nc(N3CCCCCC3)c3ccccc3n2)c1. The number of hydrogen-bond acceptors (Lipinski definition) is 5. The number of hydrogen-bond donors (Lipinski definition) is 1. The van der Waals surface area contributed by atoms with Gasteiger partial charge >= 0.3 is 0 Å². The van der Waals surface area contributed by atoms with Crippen LogP contribution in [0.5, 0.6) is 0 Å². The number of fused-ring (bicyclic) bond motifs is 1. The normalized spacial score (nSPS) is 15.4. The van der Waals surface area contributed by atoms with E-state index < -0.39 is 0 Å². The van der Waals surface area contributed by atoms with Crippen LogP contribution in [0.4, 0.5) is 11.8 Å². The number of nitrogens with zero attached hydrogens (tertiary/aromatic N) is 3. The lowest BCUT2D eigenvalue weighted by atomic mass is 10.2. The van der Waals surface area contributed by atoms with Crippen LogP contribution in [0, 0.1) is 0 Å². The highest BCUT2D eigenvalue weighted by molar-refractivity contribution is 5.90. The number of nitrogens with one attached hydrogen (secondary N) is 1. The molecule has 24 heavy (non-hydrogen) atoms. The maximum Gasteiger partial charge on any atom is 0.225 e. The number of anilines is 2. The Bertz CT molecular complexity index is 792. The fourth-order valence-electron chi connectivity index (χ4n) is 3.24. The van der Waals surface area contributed by atoms with E-state index in [9.17, 15) is 0 Å². The Morgan fingerprint density at radius 1 is 0.958 bits per heavy atom. The van der Waals surface area contributed by atoms with Gasteiger partial charge in [-0.2, -0.15) is 4.98 Å². The second-order valence-corrected chi connectivity index (χ2v) is 6.22. The van der Waals surface area contributed by atoms with Crippen molar-refractivity contribution in [3.63, 3.8) is 0 Å². The van der Waals surface area contributed by atoms with Crippen LogP contribution in [0.3, 0.4) is 0 Å². The lowest BCUT2D eigenvalue weighted by Crippen LogP contribution is -2.25. The molecule has 1 saturated heterocycles. The summed E-state index contributed by atoms with van der Waals surface area (Å²) in [7, 11) is 0. The van der Waals surface area contributed by atoms with Crippen LogP contribution >= 0.6 is 0 Å². The smallest absolute Gasteiger partial charge is 0.225 e. The molecule has 0 unspecified atom stereocenters. The van der Waals surface area contributed by atoms with Crippen molar-refractivity contribution in [3.8, 4) is 0 Å². The van der Waals surface area contributed by atoms with Crippen molar-refractivity contribution in [1.29, 1.82) is 0 Å². The van der Waals surface area contributed by atoms with Gasteiger partial charge in [-0.3, -0.25) is 0 Å². The Labute approximate surface area is 141 Å². The standard InChI is InChI=1S/C19H22N4O/c1-2-6-12-23(11-5-1)18-16-9-3-4-10-17(16)21-19(22-18)20-14-15-8-7-13-24-15/h3-4,7-10,13H,1-2,5-6,11-12,14H2,(H,20,21,22). The second-order valence-electron chi connectivity index (χ2n) is 6.22. The van der Waals surface area contributed by atoms with Gasteiger partial charge in [0.05, 0.1) is 18.3 Å². The molecule has 5 heteroatoms. The quantitative estimate of drug-likeness (QED) is 0.779. The predicted molar refractivity (Wildman–Crippen MR) is 96.3 cm³/mol. The number of benzene rings is 1. The van der Waals surface area contributed by atoms with E-state index in [2.05, 4.69) is 33.4 Å². The summed E-state index contributed by atoms with van der Waals surface area (Å²) in [6.07, 6.45) is 6.76. The van der Waals surface area contributed by atoms with Gasteiger partial charge in [0, 0.05) is 18.5 Å². The van der Waals surface area contributed by atoms with Crippen molar-refractivity contribution in [2.45, 2.75) is 32.2 Å². The Morgan fingerprint density at radius 3 is 2.58 bits per heavy atom. The van der Waals surface area contributed by atoms with Crippen LogP contribution in [-0.2, 0) is 6.54 Å². The Morgan fingerprint density at radius 2 is 1.79 bits per heavy atom. The van der Waals surface area contributed by atoms with Crippen molar-refractivity contribution >= 4 is 22.7 Å². The molecule has 4 rings (SSSR count). The van der Waals surface area contributed by atoms with E-state index in [-0.39, 0.29) is 0 Å². The summed E-state index contributed by atoms with van der Waals surface area (Å²) in [5.41, 5.74) is 0.980. The van der Waals surface area contributed by atoms with Crippen molar-refractivity contribution < 1.29 is 4.42 Å². The Kier molecular flexibility index (Phi) is 4.32. The van der Waals surface area contributed by atoms with Gasteiger partial charge in [0.25, 0.3) is 0 Å². The zero-order chi connectivity index (χ0) is 16.2. The van der Waals surface area contributed by atoms with Gasteiger partial charge in [0.15, 0.2) is 0 Å². The minimum atomic E-state index is 0.588. The van der Waals surface area contributed by atoms with Crippen molar-refractivity contribution in [2.24, 2.45) is 0 Å². The average molecular weight is 322 g/mol. The summed E-state index contributed by atoms with van der Waals surface area (Å²) >= 11 is 0. The molecular weight excluding hydrogens is 300 g/mol. The molecule has 1 fully saturated rings. The molecule has 0 radical (unpaired) electrons. The molecule has 2 aromatic heterocycles. The van der Waals surface area contributed by atoms with Crippen molar-refractivity contribution in [2.75, 3.05) is 23.3 Å². The molecule has 3 heterocycles. The van der Waals surface area contributed by atoms with E-state index in [1.165, 1.54) is 25.7 Å². The summed E-state index contributed by atoms with van der Waals surface area (Å²) in [5, 5.41) is 4.42. The minimum Gasteiger partial charge on any atom is -0.467 e. The fraction of sp³-hybridized carbons (Fsp3) is 0.368. The van der Waals surface area contributed by atoms with Gasteiger partial charge in [-0.15, -0.1) is 0 Å². The molecule has 1 aliphatic heterocycles. The molecule has 1 aromatic carbocycles. The van der Waals surface area contributed by atoms with Crippen LogP contribution in [-0.4, -0.2) is 23.1 Å². The summed E-state index contributed by atoms with van der Waals surface area (Å²) in [4.78, 5) is 11.9. The zero-order valence-electron chi connectivity index (χ0n) is 13.7. The van der Waals surface area contributed by atoms with Gasteiger partial charge in [0.2, 0.25) is 5.95 Å². The average Bonchev–Trinajstić information content (AvgIpc) is 3.00. The molecule has 0 saturated carbocycles. The molecule has 1 aliphatic rings. The maximum atomic E-state index is 5.38. The summed E-state index contributed by atoms with van der Waals surface area (Å²) in [6.45, 7) is 2.72. The second kappa shape index (κ2) is 6.91. The van der Waals surface area contributed by atoms with Gasteiger partial charge in [-0.1, -0.05) is 25.0 Å². The first-order chi connectivity index (χ1) is 11.9. The number of para-hydroxylation sites is 1. The highest BCUT2D eigenvalue weighted by atomic mass is 16.3. The van der Waals surface area contributed by atoms with Gasteiger partial charge in [0.1, 0.15) is 11.6 Å². The van der Waals surface area contributed by atoms with E-state index in [0.29, 0.717) is 12.5 Å². The monoisotopic (exact) mass is 322 g/mol. The first-order valence-corrected chi connectivity index (χ1v) is 8.68. The van der Waals surface area contributed by atoms with Crippen molar-refractivity contribution in [1.82, 2.24) is 9.97 Å². The van der Waals surface area contributed by atoms with Crippen LogP contribution in [0.15, 0.2) is 47.1 Å². The highest BCUT2D eigenvalue weighted by Crippen LogP contribution is 2.27. The highest BCUT2D eigenvalue weighted by Gasteiger charge is 2.16. The van der Waals surface area contributed by atoms with Gasteiger partial charge < -0.3 is 14.6 Å². The first kappa shape index (κ1) is 15.0. The van der Waals surface area contributed by atoms with Gasteiger partial charge in [-0.25, -0.2) is 4.98 Å². The molecule has 1 N–H and O–H groups in total. The van der Waals surface area contributed by atoms with E-state index in [1.54, 1.807) is 6.26 Å². The van der Waals surface area contributed by atoms with Crippen LogP contribution in [0.2, 0.25) is 0 Å². The molecular formula is C19H22N4O. The van der Waals surface area contributed by atoms with Crippen LogP contribution in [0.1, 0.15) is 31.4 Å². The third-order valence-electron chi connectivity index (χ3n) is 4.49. The third kappa shape index (κ3) is 3.20. The summed E-state index contributed by atoms with van der Waals surface area (Å²) < 4.78 is 5.38. The summed E-state index contributed by atoms with van der Waals surface area (Å²) in [5.74, 6) is 2.58. The molecule has 0 spiro atoms. The van der Waals surface area contributed by atoms with E-state index in [1.807, 2.05) is 18.2 Å². The number of furan rings is 1. The van der Waals surface area contributed by atoms with Crippen LogP contribution in [0.25, 0.3) is 10.9 Å². The summed E-state index contributed by atoms with van der Waals surface area (Å²) in [6, 6.07) is 12.1. The molecule has 5 nitrogen and oxygen atoms in total. The molecule has 0 amide bonds. The third-order valence-corrected chi connectivity index (χ3v) is 4.49. The lowest BCUT2D eigenvalue weighted by Gasteiger charge is -2.23. The first-order valence-electron chi connectivity index (χ1n) is 8.68. The zero-order valence-corrected chi connectivity index (χ0v) is 13.7. The van der Waals surface area contributed by atoms with Gasteiger partial charge in [-0.05, 0) is 37.1 Å². The topological polar surface area (TPSA) is 54.2 Å². The van der Waals surface area contributed by atoms with E-state index in [0.717, 1.165) is 35.6 Å². The van der Waals surface area contributed by atoms with Crippen molar-refractivity contribution in [3.05, 3.63) is 48.4 Å². The Hall–Kier alpha value is -2.56. The lowest BCUT2D eigenvalue weighted by molar-refractivity contribution is 0.517. The maximum absolute atomic E-state index is 5.38.